The summed E-state index contributed by atoms with van der Waals surface area (Å²) in [5.41, 5.74) is 1.16. The Bertz CT molecular complexity index is 797. The zero-order chi connectivity index (χ0) is 17.3. The quantitative estimate of drug-likeness (QED) is 0.791. The lowest BCUT2D eigenvalue weighted by Gasteiger charge is -2.32. The lowest BCUT2D eigenvalue weighted by atomic mass is 9.93. The minimum absolute atomic E-state index is 0.132. The molecule has 2 aromatic rings. The highest BCUT2D eigenvalue weighted by molar-refractivity contribution is 5.74. The summed E-state index contributed by atoms with van der Waals surface area (Å²) in [5.74, 6) is 0. The first-order valence-corrected chi connectivity index (χ1v) is 9.21. The number of ether oxygens (including phenoxy) is 1. The van der Waals surface area contributed by atoms with Crippen molar-refractivity contribution < 1.29 is 4.74 Å². The van der Waals surface area contributed by atoms with Gasteiger partial charge in [-0.3, -0.25) is 9.59 Å². The van der Waals surface area contributed by atoms with Gasteiger partial charge < -0.3 is 15.4 Å². The van der Waals surface area contributed by atoms with Crippen LogP contribution in [0.1, 0.15) is 37.7 Å². The Labute approximate surface area is 147 Å². The van der Waals surface area contributed by atoms with E-state index >= 15 is 0 Å². The van der Waals surface area contributed by atoms with E-state index in [-0.39, 0.29) is 11.6 Å². The number of benzene rings is 1. The molecule has 5 heteroatoms. The Kier molecular flexibility index (Phi) is 4.34. The molecule has 1 aliphatic carbocycles. The van der Waals surface area contributed by atoms with Gasteiger partial charge in [0.15, 0.2) is 0 Å². The highest BCUT2D eigenvalue weighted by Crippen LogP contribution is 2.42. The second-order valence-electron chi connectivity index (χ2n) is 7.18. The Morgan fingerprint density at radius 3 is 2.56 bits per heavy atom. The van der Waals surface area contributed by atoms with E-state index in [1.807, 2.05) is 18.2 Å². The number of anilines is 2. The zero-order valence-corrected chi connectivity index (χ0v) is 14.3. The normalized spacial score (nSPS) is 25.7. The second kappa shape index (κ2) is 6.64. The van der Waals surface area contributed by atoms with Gasteiger partial charge in [0.05, 0.1) is 11.6 Å². The molecular formula is C20H24N2O3. The van der Waals surface area contributed by atoms with Gasteiger partial charge in [0.2, 0.25) is 0 Å². The van der Waals surface area contributed by atoms with Crippen molar-refractivity contribution in [1.29, 1.82) is 0 Å². The van der Waals surface area contributed by atoms with Gasteiger partial charge in [0.1, 0.15) is 11.4 Å². The molecule has 25 heavy (non-hydrogen) atoms. The van der Waals surface area contributed by atoms with E-state index in [9.17, 15) is 9.59 Å². The summed E-state index contributed by atoms with van der Waals surface area (Å²) in [6.45, 7) is 1.43. The molecule has 5 nitrogen and oxygen atoms in total. The first kappa shape index (κ1) is 16.3. The van der Waals surface area contributed by atoms with Gasteiger partial charge in [0, 0.05) is 13.2 Å². The van der Waals surface area contributed by atoms with Crippen LogP contribution in [0.2, 0.25) is 0 Å². The number of rotatable bonds is 6. The lowest BCUT2D eigenvalue weighted by Crippen LogP contribution is -2.46. The van der Waals surface area contributed by atoms with Gasteiger partial charge in [-0.25, -0.2) is 0 Å². The van der Waals surface area contributed by atoms with Crippen molar-refractivity contribution in [2.45, 2.75) is 50.2 Å². The fraction of sp³-hybridized carbons (Fsp3) is 0.500. The molecule has 1 spiro atoms. The van der Waals surface area contributed by atoms with Crippen LogP contribution in [-0.4, -0.2) is 24.8 Å². The van der Waals surface area contributed by atoms with Crippen LogP contribution in [0.5, 0.6) is 0 Å². The van der Waals surface area contributed by atoms with Crippen LogP contribution in [0.25, 0.3) is 0 Å². The fourth-order valence-corrected chi connectivity index (χ4v) is 4.29. The fourth-order valence-electron chi connectivity index (χ4n) is 4.29. The third-order valence-electron chi connectivity index (χ3n) is 5.65. The van der Waals surface area contributed by atoms with E-state index in [1.165, 1.54) is 5.56 Å². The molecule has 2 atom stereocenters. The van der Waals surface area contributed by atoms with Crippen LogP contribution in [-0.2, 0) is 11.2 Å². The maximum absolute atomic E-state index is 12.0. The van der Waals surface area contributed by atoms with Crippen LogP contribution in [0, 0.1) is 0 Å². The molecule has 0 bridgehead atoms. The molecule has 0 amide bonds. The molecule has 1 aliphatic heterocycles. The van der Waals surface area contributed by atoms with E-state index in [1.54, 1.807) is 0 Å². The largest absolute Gasteiger partial charge is 0.380 e. The van der Waals surface area contributed by atoms with Gasteiger partial charge in [0.25, 0.3) is 10.9 Å². The Hall–Kier alpha value is -2.14. The smallest absolute Gasteiger partial charge is 0.253 e. The highest BCUT2D eigenvalue weighted by Gasteiger charge is 2.47. The van der Waals surface area contributed by atoms with Crippen molar-refractivity contribution in [2.75, 3.05) is 23.8 Å². The van der Waals surface area contributed by atoms with Crippen molar-refractivity contribution in [3.05, 3.63) is 56.3 Å². The molecule has 0 radical (unpaired) electrons. The van der Waals surface area contributed by atoms with Crippen LogP contribution in [0.4, 0.5) is 11.4 Å². The summed E-state index contributed by atoms with van der Waals surface area (Å²) in [6.07, 6.45) is 6.06. The summed E-state index contributed by atoms with van der Waals surface area (Å²) >= 11 is 0. The third kappa shape index (κ3) is 2.97. The Morgan fingerprint density at radius 2 is 1.80 bits per heavy atom. The van der Waals surface area contributed by atoms with Crippen molar-refractivity contribution >= 4 is 11.4 Å². The van der Waals surface area contributed by atoms with E-state index in [2.05, 4.69) is 22.8 Å². The van der Waals surface area contributed by atoms with Crippen LogP contribution in [0.15, 0.2) is 39.9 Å². The average Bonchev–Trinajstić information content (AvgIpc) is 3.28. The molecule has 0 aromatic heterocycles. The van der Waals surface area contributed by atoms with Gasteiger partial charge in [-0.15, -0.1) is 0 Å². The SMILES string of the molecule is O=c1c(NCCc2ccccc2)c(NC2CCCC23CCCO3)c1=O. The minimum Gasteiger partial charge on any atom is -0.380 e. The molecule has 2 aliphatic rings. The second-order valence-corrected chi connectivity index (χ2v) is 7.18. The van der Waals surface area contributed by atoms with Gasteiger partial charge >= 0.3 is 0 Å². The summed E-state index contributed by atoms with van der Waals surface area (Å²) in [4.78, 5) is 24.0. The molecule has 132 valence electrons. The van der Waals surface area contributed by atoms with E-state index < -0.39 is 10.9 Å². The molecule has 4 rings (SSSR count). The average molecular weight is 340 g/mol. The van der Waals surface area contributed by atoms with Crippen molar-refractivity contribution in [3.63, 3.8) is 0 Å². The van der Waals surface area contributed by atoms with Crippen molar-refractivity contribution in [3.8, 4) is 0 Å². The monoisotopic (exact) mass is 340 g/mol. The first-order chi connectivity index (χ1) is 12.2. The third-order valence-corrected chi connectivity index (χ3v) is 5.65. The minimum atomic E-state index is -0.407. The maximum atomic E-state index is 12.0. The van der Waals surface area contributed by atoms with Crippen LogP contribution >= 0.6 is 0 Å². The van der Waals surface area contributed by atoms with Crippen molar-refractivity contribution in [1.82, 2.24) is 0 Å². The Morgan fingerprint density at radius 1 is 1.04 bits per heavy atom. The van der Waals surface area contributed by atoms with E-state index in [0.717, 1.165) is 45.1 Å². The summed E-state index contributed by atoms with van der Waals surface area (Å²) in [7, 11) is 0. The molecule has 1 saturated heterocycles. The molecule has 1 heterocycles. The van der Waals surface area contributed by atoms with E-state index in [4.69, 9.17) is 4.74 Å². The zero-order valence-electron chi connectivity index (χ0n) is 14.3. The predicted molar refractivity (Wildman–Crippen MR) is 99.2 cm³/mol. The van der Waals surface area contributed by atoms with Gasteiger partial charge in [-0.1, -0.05) is 30.3 Å². The molecule has 2 fully saturated rings. The molecule has 2 N–H and O–H groups in total. The molecular weight excluding hydrogens is 316 g/mol. The number of nitrogens with one attached hydrogen (secondary N) is 2. The highest BCUT2D eigenvalue weighted by atomic mass is 16.5. The summed E-state index contributed by atoms with van der Waals surface area (Å²) in [5, 5.41) is 6.51. The summed E-state index contributed by atoms with van der Waals surface area (Å²) < 4.78 is 6.02. The van der Waals surface area contributed by atoms with Crippen LogP contribution < -0.4 is 21.5 Å². The molecule has 2 unspecified atom stereocenters. The summed E-state index contributed by atoms with van der Waals surface area (Å²) in [6, 6.07) is 10.2. The first-order valence-electron chi connectivity index (χ1n) is 9.21. The van der Waals surface area contributed by atoms with E-state index in [0.29, 0.717) is 17.9 Å². The topological polar surface area (TPSA) is 67.4 Å². The Balaban J connectivity index is 1.42. The van der Waals surface area contributed by atoms with Crippen molar-refractivity contribution in [2.24, 2.45) is 0 Å². The number of hydrogen-bond acceptors (Lipinski definition) is 5. The molecule has 2 aromatic carbocycles. The maximum Gasteiger partial charge on any atom is 0.253 e. The van der Waals surface area contributed by atoms with Gasteiger partial charge in [-0.2, -0.15) is 0 Å². The van der Waals surface area contributed by atoms with Gasteiger partial charge in [-0.05, 0) is 44.1 Å². The standard InChI is InChI=1S/C20H24N2O3/c23-18-16(21-12-9-14-6-2-1-3-7-14)17(19(18)24)22-15-8-4-10-20(15)11-5-13-25-20/h1-3,6-7,15,21-22H,4-5,8-13H2. The van der Waals surface area contributed by atoms with Crippen LogP contribution in [0.3, 0.4) is 0 Å². The number of hydrogen-bond donors (Lipinski definition) is 2. The molecule has 1 saturated carbocycles. The lowest BCUT2D eigenvalue weighted by molar-refractivity contribution is 0.00274. The predicted octanol–water partition coefficient (Wildman–Crippen LogP) is 2.45.